The Morgan fingerprint density at radius 3 is 3.00 bits per heavy atom. The van der Waals surface area contributed by atoms with Crippen LogP contribution in [-0.4, -0.2) is 30.6 Å². The van der Waals surface area contributed by atoms with Crippen molar-refractivity contribution in [1.29, 1.82) is 0 Å². The van der Waals surface area contributed by atoms with Gasteiger partial charge in [-0.3, -0.25) is 0 Å². The topological polar surface area (TPSA) is 76.5 Å². The first-order chi connectivity index (χ1) is 7.12. The predicted octanol–water partition coefficient (Wildman–Crippen LogP) is 1.73. The molecule has 0 aromatic rings. The molecule has 6 nitrogen and oxygen atoms in total. The molecule has 0 radical (unpaired) electrons. The van der Waals surface area contributed by atoms with E-state index >= 15 is 0 Å². The minimum absolute atomic E-state index is 0.118. The molecule has 82 valence electrons. The Morgan fingerprint density at radius 2 is 2.27 bits per heavy atom. The van der Waals surface area contributed by atoms with Gasteiger partial charge in [-0.1, -0.05) is 5.11 Å². The Balaban J connectivity index is 2.10. The van der Waals surface area contributed by atoms with Crippen LogP contribution in [-0.2, 0) is 14.2 Å². The zero-order valence-electron chi connectivity index (χ0n) is 8.66. The highest BCUT2D eigenvalue weighted by molar-refractivity contribution is 5.03. The molecule has 2 heterocycles. The normalized spacial score (nSPS) is 36.5. The summed E-state index contributed by atoms with van der Waals surface area (Å²) in [5.41, 5.74) is 8.25. The van der Waals surface area contributed by atoms with Gasteiger partial charge in [-0.15, -0.1) is 0 Å². The van der Waals surface area contributed by atoms with Gasteiger partial charge in [-0.2, -0.15) is 0 Å². The number of azide groups is 1. The van der Waals surface area contributed by atoms with Crippen molar-refractivity contribution < 1.29 is 14.2 Å². The van der Waals surface area contributed by atoms with Gasteiger partial charge in [0, 0.05) is 4.91 Å². The van der Waals surface area contributed by atoms with Crippen molar-refractivity contribution in [3.05, 3.63) is 22.8 Å². The second kappa shape index (κ2) is 3.73. The maximum absolute atomic E-state index is 8.25. The van der Waals surface area contributed by atoms with Crippen LogP contribution in [0, 0.1) is 0 Å². The summed E-state index contributed by atoms with van der Waals surface area (Å²) in [6.45, 7) is 3.95. The SMILES string of the molecule is CC1(C)OC2C=COC(CN=[N+]=[N-])C2O1. The molecule has 0 spiro atoms. The third-order valence-electron chi connectivity index (χ3n) is 2.38. The van der Waals surface area contributed by atoms with Crippen LogP contribution in [0.3, 0.4) is 0 Å². The lowest BCUT2D eigenvalue weighted by atomic mass is 10.1. The molecule has 1 saturated heterocycles. The largest absolute Gasteiger partial charge is 0.495 e. The summed E-state index contributed by atoms with van der Waals surface area (Å²) in [5.74, 6) is -0.609. The van der Waals surface area contributed by atoms with Crippen molar-refractivity contribution >= 4 is 0 Å². The maximum atomic E-state index is 8.25. The van der Waals surface area contributed by atoms with E-state index in [9.17, 15) is 0 Å². The average Bonchev–Trinajstić information content (AvgIpc) is 2.49. The summed E-state index contributed by atoms with van der Waals surface area (Å²) in [5, 5.41) is 3.49. The Hall–Kier alpha value is -1.23. The number of nitrogens with zero attached hydrogens (tertiary/aromatic N) is 3. The Bertz CT molecular complexity index is 323. The average molecular weight is 211 g/mol. The number of hydrogen-bond donors (Lipinski definition) is 0. The lowest BCUT2D eigenvalue weighted by Gasteiger charge is -2.26. The highest BCUT2D eigenvalue weighted by Gasteiger charge is 2.46. The van der Waals surface area contributed by atoms with E-state index < -0.39 is 5.79 Å². The van der Waals surface area contributed by atoms with Crippen molar-refractivity contribution in [2.45, 2.75) is 37.9 Å². The molecular formula is C9H13N3O3. The van der Waals surface area contributed by atoms with E-state index in [1.165, 1.54) is 0 Å². The third-order valence-corrected chi connectivity index (χ3v) is 2.38. The van der Waals surface area contributed by atoms with Crippen LogP contribution in [0.1, 0.15) is 13.8 Å². The first kappa shape index (κ1) is 10.3. The van der Waals surface area contributed by atoms with Gasteiger partial charge in [-0.05, 0) is 25.5 Å². The zero-order valence-corrected chi connectivity index (χ0v) is 8.66. The minimum atomic E-state index is -0.609. The molecule has 2 rings (SSSR count). The fourth-order valence-corrected chi connectivity index (χ4v) is 1.82. The van der Waals surface area contributed by atoms with Crippen molar-refractivity contribution in [2.75, 3.05) is 6.54 Å². The summed E-state index contributed by atoms with van der Waals surface area (Å²) in [7, 11) is 0. The minimum Gasteiger partial charge on any atom is -0.495 e. The smallest absolute Gasteiger partial charge is 0.164 e. The van der Waals surface area contributed by atoms with Gasteiger partial charge in [0.25, 0.3) is 0 Å². The molecule has 0 amide bonds. The van der Waals surface area contributed by atoms with Crippen LogP contribution in [0.15, 0.2) is 17.5 Å². The van der Waals surface area contributed by atoms with Crippen LogP contribution in [0.4, 0.5) is 0 Å². The van der Waals surface area contributed by atoms with Crippen LogP contribution < -0.4 is 0 Å². The standard InChI is InChI=1S/C9H13N3O3/c1-9(2)14-6-3-4-13-7(5-11-12-10)8(6)15-9/h3-4,6-8H,5H2,1-2H3. The molecule has 3 unspecified atom stereocenters. The maximum Gasteiger partial charge on any atom is 0.164 e. The first-order valence-electron chi connectivity index (χ1n) is 4.81. The quantitative estimate of drug-likeness (QED) is 0.396. The summed E-state index contributed by atoms with van der Waals surface area (Å²) < 4.78 is 16.7. The molecule has 1 fully saturated rings. The van der Waals surface area contributed by atoms with Gasteiger partial charge in [0.05, 0.1) is 12.8 Å². The number of rotatable bonds is 2. The van der Waals surface area contributed by atoms with Crippen molar-refractivity contribution in [3.8, 4) is 0 Å². The first-order valence-corrected chi connectivity index (χ1v) is 4.81. The molecule has 0 N–H and O–H groups in total. The lowest BCUT2D eigenvalue weighted by Crippen LogP contribution is -2.40. The molecule has 0 saturated carbocycles. The predicted molar refractivity (Wildman–Crippen MR) is 51.9 cm³/mol. The second-order valence-corrected chi connectivity index (χ2v) is 3.98. The van der Waals surface area contributed by atoms with Gasteiger partial charge in [0.2, 0.25) is 0 Å². The van der Waals surface area contributed by atoms with Crippen LogP contribution in [0.5, 0.6) is 0 Å². The summed E-state index contributed by atoms with van der Waals surface area (Å²) in [6.07, 6.45) is 2.80. The van der Waals surface area contributed by atoms with Crippen molar-refractivity contribution in [3.63, 3.8) is 0 Å². The highest BCUT2D eigenvalue weighted by atomic mass is 16.8. The molecule has 6 heteroatoms. The molecule has 2 aliphatic heterocycles. The van der Waals surface area contributed by atoms with E-state index in [1.54, 1.807) is 6.26 Å². The van der Waals surface area contributed by atoms with Crippen molar-refractivity contribution in [1.82, 2.24) is 0 Å². The third kappa shape index (κ3) is 2.07. The van der Waals surface area contributed by atoms with Crippen LogP contribution in [0.2, 0.25) is 0 Å². The van der Waals surface area contributed by atoms with Gasteiger partial charge in [0.15, 0.2) is 5.79 Å². The molecule has 0 bridgehead atoms. The summed E-state index contributed by atoms with van der Waals surface area (Å²) in [4.78, 5) is 2.70. The molecule has 15 heavy (non-hydrogen) atoms. The number of fused-ring (bicyclic) bond motifs is 1. The van der Waals surface area contributed by atoms with E-state index in [-0.39, 0.29) is 24.9 Å². The fraction of sp³-hybridized carbons (Fsp3) is 0.778. The Kier molecular flexibility index (Phi) is 2.56. The Labute approximate surface area is 87.4 Å². The zero-order chi connectivity index (χ0) is 10.9. The highest BCUT2D eigenvalue weighted by Crippen LogP contribution is 2.33. The lowest BCUT2D eigenvalue weighted by molar-refractivity contribution is -0.151. The van der Waals surface area contributed by atoms with E-state index in [0.717, 1.165) is 0 Å². The van der Waals surface area contributed by atoms with Gasteiger partial charge >= 0.3 is 0 Å². The van der Waals surface area contributed by atoms with Gasteiger partial charge < -0.3 is 14.2 Å². The molecule has 0 aliphatic carbocycles. The van der Waals surface area contributed by atoms with E-state index in [2.05, 4.69) is 10.0 Å². The van der Waals surface area contributed by atoms with E-state index in [4.69, 9.17) is 19.7 Å². The van der Waals surface area contributed by atoms with Crippen molar-refractivity contribution in [2.24, 2.45) is 5.11 Å². The number of ether oxygens (including phenoxy) is 3. The molecule has 3 atom stereocenters. The summed E-state index contributed by atoms with van der Waals surface area (Å²) in [6, 6.07) is 0. The number of hydrogen-bond acceptors (Lipinski definition) is 4. The van der Waals surface area contributed by atoms with Crippen LogP contribution >= 0.6 is 0 Å². The molecule has 0 aromatic carbocycles. The molecular weight excluding hydrogens is 198 g/mol. The van der Waals surface area contributed by atoms with Gasteiger partial charge in [0.1, 0.15) is 18.3 Å². The molecule has 0 aromatic heterocycles. The van der Waals surface area contributed by atoms with Crippen LogP contribution in [0.25, 0.3) is 10.4 Å². The second-order valence-electron chi connectivity index (χ2n) is 3.98. The molecule has 2 aliphatic rings. The Morgan fingerprint density at radius 1 is 1.47 bits per heavy atom. The van der Waals surface area contributed by atoms with E-state index in [1.807, 2.05) is 19.9 Å². The van der Waals surface area contributed by atoms with Gasteiger partial charge in [-0.25, -0.2) is 0 Å². The van der Waals surface area contributed by atoms with E-state index in [0.29, 0.717) is 0 Å². The summed E-state index contributed by atoms with van der Waals surface area (Å²) >= 11 is 0. The fourth-order valence-electron chi connectivity index (χ4n) is 1.82. The monoisotopic (exact) mass is 211 g/mol.